The van der Waals surface area contributed by atoms with Gasteiger partial charge in [0.05, 0.1) is 12.8 Å². The largest absolute Gasteiger partial charge is 0.480 e. The third kappa shape index (κ3) is 4.86. The Kier molecular flexibility index (Phi) is 6.66. The number of hydrogen-bond donors (Lipinski definition) is 3. The molecule has 1 heterocycles. The van der Waals surface area contributed by atoms with Gasteiger partial charge in [0, 0.05) is 12.5 Å². The minimum absolute atomic E-state index is 0.0837. The number of hydrogen-bond acceptors (Lipinski definition) is 7. The SMILES string of the molecule is O=C(O)CN(CCO)C(=O)c1cnc(NC(=O)OCC2c3ccccc3-c3ccccc32)s1. The molecule has 2 aromatic carbocycles. The van der Waals surface area contributed by atoms with Crippen LogP contribution in [0.2, 0.25) is 0 Å². The van der Waals surface area contributed by atoms with Crippen LogP contribution in [0.15, 0.2) is 54.7 Å². The van der Waals surface area contributed by atoms with Crippen molar-refractivity contribution in [2.45, 2.75) is 5.92 Å². The van der Waals surface area contributed by atoms with Gasteiger partial charge in [0.1, 0.15) is 18.0 Å². The molecule has 3 aromatic rings. The average molecular weight is 468 g/mol. The number of benzene rings is 2. The maximum atomic E-state index is 12.5. The molecule has 170 valence electrons. The highest BCUT2D eigenvalue weighted by Gasteiger charge is 2.29. The number of anilines is 1. The molecule has 1 aromatic heterocycles. The Labute approximate surface area is 193 Å². The summed E-state index contributed by atoms with van der Waals surface area (Å²) in [4.78, 5) is 40.9. The Morgan fingerprint density at radius 2 is 1.70 bits per heavy atom. The van der Waals surface area contributed by atoms with Crippen LogP contribution in [-0.4, -0.2) is 64.4 Å². The summed E-state index contributed by atoms with van der Waals surface area (Å²) in [5.41, 5.74) is 4.44. The fourth-order valence-electron chi connectivity index (χ4n) is 3.84. The number of aliphatic hydroxyl groups is 1. The van der Waals surface area contributed by atoms with Crippen molar-refractivity contribution in [3.63, 3.8) is 0 Å². The molecule has 2 amide bonds. The summed E-state index contributed by atoms with van der Waals surface area (Å²) >= 11 is 0.897. The first-order valence-corrected chi connectivity index (χ1v) is 11.0. The lowest BCUT2D eigenvalue weighted by molar-refractivity contribution is -0.137. The van der Waals surface area contributed by atoms with Gasteiger partial charge in [0.15, 0.2) is 5.13 Å². The van der Waals surface area contributed by atoms with E-state index in [9.17, 15) is 14.4 Å². The van der Waals surface area contributed by atoms with E-state index in [-0.39, 0.29) is 35.7 Å². The number of nitrogens with one attached hydrogen (secondary N) is 1. The van der Waals surface area contributed by atoms with Crippen molar-refractivity contribution in [2.75, 3.05) is 31.6 Å². The number of rotatable bonds is 8. The number of aromatic nitrogens is 1. The van der Waals surface area contributed by atoms with Gasteiger partial charge in [-0.2, -0.15) is 0 Å². The highest BCUT2D eigenvalue weighted by atomic mass is 32.1. The first-order valence-electron chi connectivity index (χ1n) is 10.2. The third-order valence-corrected chi connectivity index (χ3v) is 6.15. The Bertz CT molecular complexity index is 1150. The van der Waals surface area contributed by atoms with E-state index in [0.717, 1.165) is 38.5 Å². The Morgan fingerprint density at radius 1 is 1.06 bits per heavy atom. The van der Waals surface area contributed by atoms with Gasteiger partial charge in [-0.05, 0) is 22.3 Å². The topological polar surface area (TPSA) is 129 Å². The average Bonchev–Trinajstić information content (AvgIpc) is 3.39. The van der Waals surface area contributed by atoms with E-state index in [4.69, 9.17) is 14.9 Å². The predicted molar refractivity (Wildman–Crippen MR) is 121 cm³/mol. The van der Waals surface area contributed by atoms with E-state index >= 15 is 0 Å². The lowest BCUT2D eigenvalue weighted by Gasteiger charge is -2.18. The number of carboxylic acid groups (broad SMARTS) is 1. The lowest BCUT2D eigenvalue weighted by Crippen LogP contribution is -2.37. The summed E-state index contributed by atoms with van der Waals surface area (Å²) in [6.45, 7) is -0.910. The van der Waals surface area contributed by atoms with Gasteiger partial charge in [-0.15, -0.1) is 0 Å². The highest BCUT2D eigenvalue weighted by molar-refractivity contribution is 7.17. The normalized spacial score (nSPS) is 12.0. The van der Waals surface area contributed by atoms with Gasteiger partial charge in [-0.25, -0.2) is 9.78 Å². The van der Waals surface area contributed by atoms with Crippen molar-refractivity contribution >= 4 is 34.4 Å². The maximum absolute atomic E-state index is 12.5. The Morgan fingerprint density at radius 3 is 2.30 bits per heavy atom. The Hall–Kier alpha value is -3.76. The zero-order valence-corrected chi connectivity index (χ0v) is 18.2. The summed E-state index contributed by atoms with van der Waals surface area (Å²) < 4.78 is 5.46. The van der Waals surface area contributed by atoms with Gasteiger partial charge in [-0.3, -0.25) is 14.9 Å². The Balaban J connectivity index is 1.39. The van der Waals surface area contributed by atoms with Crippen LogP contribution in [0.25, 0.3) is 11.1 Å². The monoisotopic (exact) mass is 467 g/mol. The molecular formula is C23H21N3O6S. The van der Waals surface area contributed by atoms with E-state index in [2.05, 4.69) is 10.3 Å². The van der Waals surface area contributed by atoms with Crippen molar-refractivity contribution in [3.05, 3.63) is 70.7 Å². The quantitative estimate of drug-likeness (QED) is 0.464. The fourth-order valence-corrected chi connectivity index (χ4v) is 4.61. The number of fused-ring (bicyclic) bond motifs is 3. The molecule has 1 aliphatic rings. The van der Waals surface area contributed by atoms with Crippen molar-refractivity contribution < 1.29 is 29.3 Å². The summed E-state index contributed by atoms with van der Waals surface area (Å²) in [6.07, 6.45) is 0.543. The standard InChI is InChI=1S/C23H21N3O6S/c27-10-9-26(12-20(28)29)21(30)19-11-24-22(33-19)25-23(31)32-13-18-16-7-3-1-5-14(16)15-6-2-4-8-17(15)18/h1-8,11,18,27H,9-10,12-13H2,(H,28,29)(H,24,25,31). The fraction of sp³-hybridized carbons (Fsp3) is 0.217. The number of carbonyl (C=O) groups is 3. The molecule has 0 saturated carbocycles. The molecule has 0 bridgehead atoms. The second kappa shape index (κ2) is 9.80. The number of carboxylic acids is 1. The van der Waals surface area contributed by atoms with E-state index in [1.165, 1.54) is 6.20 Å². The molecule has 0 aliphatic heterocycles. The number of thiazole rings is 1. The van der Waals surface area contributed by atoms with E-state index < -0.39 is 24.5 Å². The summed E-state index contributed by atoms with van der Waals surface area (Å²) in [5.74, 6) is -1.87. The van der Waals surface area contributed by atoms with Gasteiger partial charge in [-0.1, -0.05) is 59.9 Å². The number of carbonyl (C=O) groups excluding carboxylic acids is 2. The number of nitrogens with zero attached hydrogens (tertiary/aromatic N) is 2. The maximum Gasteiger partial charge on any atom is 0.413 e. The molecule has 0 spiro atoms. The molecule has 10 heteroatoms. The van der Waals surface area contributed by atoms with Crippen LogP contribution < -0.4 is 5.32 Å². The minimum atomic E-state index is -1.20. The molecule has 0 fully saturated rings. The van der Waals surface area contributed by atoms with Crippen LogP contribution in [0.4, 0.5) is 9.93 Å². The second-order valence-electron chi connectivity index (χ2n) is 7.32. The lowest BCUT2D eigenvalue weighted by atomic mass is 9.98. The van der Waals surface area contributed by atoms with E-state index in [1.54, 1.807) is 0 Å². The van der Waals surface area contributed by atoms with Crippen molar-refractivity contribution in [1.82, 2.24) is 9.88 Å². The minimum Gasteiger partial charge on any atom is -0.480 e. The van der Waals surface area contributed by atoms with Crippen LogP contribution >= 0.6 is 11.3 Å². The van der Waals surface area contributed by atoms with Crippen molar-refractivity contribution in [2.24, 2.45) is 0 Å². The number of aliphatic carboxylic acids is 1. The van der Waals surface area contributed by atoms with Crippen LogP contribution in [0, 0.1) is 0 Å². The molecule has 0 saturated heterocycles. The molecule has 0 unspecified atom stereocenters. The molecular weight excluding hydrogens is 446 g/mol. The first kappa shape index (κ1) is 22.4. The number of aliphatic hydroxyl groups excluding tert-OH is 1. The number of amides is 2. The zero-order valence-electron chi connectivity index (χ0n) is 17.4. The molecule has 4 rings (SSSR count). The molecule has 33 heavy (non-hydrogen) atoms. The van der Waals surface area contributed by atoms with Gasteiger partial charge in [0.2, 0.25) is 0 Å². The second-order valence-corrected chi connectivity index (χ2v) is 8.35. The van der Waals surface area contributed by atoms with Gasteiger partial charge in [0.25, 0.3) is 5.91 Å². The smallest absolute Gasteiger partial charge is 0.413 e. The molecule has 3 N–H and O–H groups in total. The van der Waals surface area contributed by atoms with Crippen molar-refractivity contribution in [1.29, 1.82) is 0 Å². The molecule has 0 atom stereocenters. The molecule has 1 aliphatic carbocycles. The first-order chi connectivity index (χ1) is 16.0. The summed E-state index contributed by atoms with van der Waals surface area (Å²) in [5, 5.41) is 20.7. The summed E-state index contributed by atoms with van der Waals surface area (Å²) in [6, 6.07) is 16.0. The number of ether oxygens (including phenoxy) is 1. The van der Waals surface area contributed by atoms with Crippen LogP contribution in [0.1, 0.15) is 26.7 Å². The van der Waals surface area contributed by atoms with E-state index in [0.29, 0.717) is 0 Å². The van der Waals surface area contributed by atoms with Crippen LogP contribution in [0.5, 0.6) is 0 Å². The summed E-state index contributed by atoms with van der Waals surface area (Å²) in [7, 11) is 0. The van der Waals surface area contributed by atoms with Gasteiger partial charge < -0.3 is 19.8 Å². The van der Waals surface area contributed by atoms with Gasteiger partial charge >= 0.3 is 12.1 Å². The van der Waals surface area contributed by atoms with E-state index in [1.807, 2.05) is 48.5 Å². The van der Waals surface area contributed by atoms with Crippen LogP contribution in [0.3, 0.4) is 0 Å². The van der Waals surface area contributed by atoms with Crippen molar-refractivity contribution in [3.8, 4) is 11.1 Å². The molecule has 0 radical (unpaired) electrons. The molecule has 9 nitrogen and oxygen atoms in total. The highest BCUT2D eigenvalue weighted by Crippen LogP contribution is 2.44. The third-order valence-electron chi connectivity index (χ3n) is 5.25. The van der Waals surface area contributed by atoms with Crippen LogP contribution in [-0.2, 0) is 9.53 Å². The predicted octanol–water partition coefficient (Wildman–Crippen LogP) is 3.02. The zero-order chi connectivity index (χ0) is 23.4.